The van der Waals surface area contributed by atoms with Crippen LogP contribution < -0.4 is 9.47 Å². The summed E-state index contributed by atoms with van der Waals surface area (Å²) in [4.78, 5) is 15.9. The monoisotopic (exact) mass is 465 g/mol. The number of nitro benzene ring substituents is 1. The zero-order chi connectivity index (χ0) is 24.1. The number of benzene rings is 3. The van der Waals surface area contributed by atoms with Gasteiger partial charge in [-0.2, -0.15) is 0 Å². The van der Waals surface area contributed by atoms with E-state index < -0.39 is 0 Å². The number of methoxy groups -OCH3 is 2. The number of rotatable bonds is 5. The maximum Gasteiger partial charge on any atom is 0.269 e. The number of aromatic nitrogens is 2. The third-order valence-electron chi connectivity index (χ3n) is 6.86. The van der Waals surface area contributed by atoms with E-state index in [4.69, 9.17) is 14.5 Å². The Morgan fingerprint density at radius 2 is 1.69 bits per heavy atom. The highest BCUT2D eigenvalue weighted by molar-refractivity contribution is 5.97. The second-order valence-corrected chi connectivity index (χ2v) is 8.72. The third kappa shape index (κ3) is 3.31. The van der Waals surface area contributed by atoms with Crippen LogP contribution in [0.15, 0.2) is 66.7 Å². The van der Waals surface area contributed by atoms with Gasteiger partial charge in [0.1, 0.15) is 17.0 Å². The summed E-state index contributed by atoms with van der Waals surface area (Å²) in [5.74, 6) is 1.47. The molecule has 5 aromatic rings. The van der Waals surface area contributed by atoms with E-state index >= 15 is 0 Å². The smallest absolute Gasteiger partial charge is 0.269 e. The minimum absolute atomic E-state index is 0.0904. The molecule has 0 saturated carbocycles. The maximum atomic E-state index is 11.1. The first kappa shape index (κ1) is 21.2. The molecule has 0 radical (unpaired) electrons. The lowest BCUT2D eigenvalue weighted by Gasteiger charge is -2.21. The van der Waals surface area contributed by atoms with Gasteiger partial charge in [0, 0.05) is 35.0 Å². The second-order valence-electron chi connectivity index (χ2n) is 8.72. The van der Waals surface area contributed by atoms with Gasteiger partial charge < -0.3 is 14.0 Å². The van der Waals surface area contributed by atoms with Gasteiger partial charge in [0.25, 0.3) is 5.69 Å². The number of para-hydroxylation sites is 1. The number of hydrogen-bond acceptors (Lipinski definition) is 5. The average molecular weight is 466 g/mol. The molecule has 7 heteroatoms. The number of aryl methyl sites for hydroxylation is 2. The van der Waals surface area contributed by atoms with E-state index in [0.717, 1.165) is 52.0 Å². The van der Waals surface area contributed by atoms with Crippen LogP contribution in [0.4, 0.5) is 5.69 Å². The van der Waals surface area contributed by atoms with Gasteiger partial charge in [0.2, 0.25) is 0 Å². The summed E-state index contributed by atoms with van der Waals surface area (Å²) in [5, 5.41) is 13.3. The summed E-state index contributed by atoms with van der Waals surface area (Å²) in [6.07, 6.45) is 1.80. The highest BCUT2D eigenvalue weighted by Gasteiger charge is 2.27. The van der Waals surface area contributed by atoms with Crippen molar-refractivity contribution in [3.63, 3.8) is 0 Å². The maximum absolute atomic E-state index is 11.1. The summed E-state index contributed by atoms with van der Waals surface area (Å²) >= 11 is 0. The lowest BCUT2D eigenvalue weighted by atomic mass is 9.91. The predicted octanol–water partition coefficient (Wildman–Crippen LogP) is 5.93. The van der Waals surface area contributed by atoms with Crippen LogP contribution in [0.5, 0.6) is 11.5 Å². The fourth-order valence-corrected chi connectivity index (χ4v) is 5.22. The van der Waals surface area contributed by atoms with Crippen molar-refractivity contribution in [2.75, 3.05) is 14.2 Å². The molecule has 174 valence electrons. The molecule has 1 aliphatic rings. The number of fused-ring (bicyclic) bond motifs is 6. The van der Waals surface area contributed by atoms with Crippen molar-refractivity contribution in [1.29, 1.82) is 0 Å². The summed E-state index contributed by atoms with van der Waals surface area (Å²) < 4.78 is 13.5. The van der Waals surface area contributed by atoms with Crippen molar-refractivity contribution in [1.82, 2.24) is 9.55 Å². The van der Waals surface area contributed by atoms with Crippen molar-refractivity contribution < 1.29 is 14.4 Å². The SMILES string of the molecule is COc1ccc(OC)c2nc3c(cc12)CCc1c-3n(Cc2ccc([N+](=O)[O-])cc2)c2ccccc12. The van der Waals surface area contributed by atoms with Gasteiger partial charge in [-0.05, 0) is 53.8 Å². The molecule has 3 aromatic carbocycles. The highest BCUT2D eigenvalue weighted by atomic mass is 16.6. The Hall–Kier alpha value is -4.39. The van der Waals surface area contributed by atoms with Crippen LogP contribution in [0.2, 0.25) is 0 Å². The van der Waals surface area contributed by atoms with Crippen LogP contribution in [0.1, 0.15) is 16.7 Å². The third-order valence-corrected chi connectivity index (χ3v) is 6.86. The van der Waals surface area contributed by atoms with Gasteiger partial charge >= 0.3 is 0 Å². The molecule has 0 bridgehead atoms. The number of nitro groups is 1. The van der Waals surface area contributed by atoms with Crippen molar-refractivity contribution in [2.24, 2.45) is 0 Å². The van der Waals surface area contributed by atoms with Crippen LogP contribution >= 0.6 is 0 Å². The van der Waals surface area contributed by atoms with E-state index in [9.17, 15) is 10.1 Å². The van der Waals surface area contributed by atoms with Crippen molar-refractivity contribution in [3.05, 3.63) is 93.5 Å². The molecule has 2 aromatic heterocycles. The highest BCUT2D eigenvalue weighted by Crippen LogP contribution is 2.43. The van der Waals surface area contributed by atoms with Gasteiger partial charge in [-0.25, -0.2) is 4.98 Å². The summed E-state index contributed by atoms with van der Waals surface area (Å²) in [6, 6.07) is 21.1. The Labute approximate surface area is 201 Å². The fourth-order valence-electron chi connectivity index (χ4n) is 5.22. The molecule has 0 amide bonds. The van der Waals surface area contributed by atoms with Gasteiger partial charge in [0.15, 0.2) is 0 Å². The summed E-state index contributed by atoms with van der Waals surface area (Å²) in [7, 11) is 3.32. The first-order valence-electron chi connectivity index (χ1n) is 11.5. The van der Waals surface area contributed by atoms with Crippen LogP contribution in [-0.4, -0.2) is 28.7 Å². The van der Waals surface area contributed by atoms with Gasteiger partial charge in [0.05, 0.1) is 30.5 Å². The second kappa shape index (κ2) is 8.13. The van der Waals surface area contributed by atoms with Crippen molar-refractivity contribution in [3.8, 4) is 22.9 Å². The lowest BCUT2D eigenvalue weighted by Crippen LogP contribution is -2.10. The average Bonchev–Trinajstić information content (AvgIpc) is 3.21. The van der Waals surface area contributed by atoms with E-state index in [1.165, 1.54) is 16.5 Å². The number of non-ortho nitro benzene ring substituents is 1. The van der Waals surface area contributed by atoms with Crippen LogP contribution in [-0.2, 0) is 19.4 Å². The Kier molecular flexibility index (Phi) is 4.91. The number of ether oxygens (including phenoxy) is 2. The van der Waals surface area contributed by atoms with E-state index in [2.05, 4.69) is 28.8 Å². The normalized spacial score (nSPS) is 12.4. The molecule has 0 N–H and O–H groups in total. The van der Waals surface area contributed by atoms with Crippen LogP contribution in [0.25, 0.3) is 33.2 Å². The molecular weight excluding hydrogens is 442 g/mol. The van der Waals surface area contributed by atoms with Gasteiger partial charge in [-0.15, -0.1) is 0 Å². The number of hydrogen-bond donors (Lipinski definition) is 0. The minimum atomic E-state index is -0.371. The largest absolute Gasteiger partial charge is 0.496 e. The summed E-state index contributed by atoms with van der Waals surface area (Å²) in [6.45, 7) is 0.586. The zero-order valence-corrected chi connectivity index (χ0v) is 19.4. The quantitative estimate of drug-likeness (QED) is 0.237. The van der Waals surface area contributed by atoms with Crippen molar-refractivity contribution >= 4 is 27.5 Å². The van der Waals surface area contributed by atoms with Gasteiger partial charge in [-0.3, -0.25) is 10.1 Å². The number of nitrogens with zero attached hydrogens (tertiary/aromatic N) is 3. The molecule has 0 aliphatic heterocycles. The Balaban J connectivity index is 1.59. The molecule has 6 rings (SSSR count). The topological polar surface area (TPSA) is 79.4 Å². The predicted molar refractivity (Wildman–Crippen MR) is 135 cm³/mol. The summed E-state index contributed by atoms with van der Waals surface area (Å²) in [5.41, 5.74) is 7.47. The molecule has 0 unspecified atom stereocenters. The minimum Gasteiger partial charge on any atom is -0.496 e. The van der Waals surface area contributed by atoms with Crippen molar-refractivity contribution in [2.45, 2.75) is 19.4 Å². The standard InChI is InChI=1S/C28H23N3O4/c1-34-24-13-14-25(35-2)27-22(24)15-18-9-12-21-20-5-3-4-6-23(20)30(28(21)26(18)29-27)16-17-7-10-19(11-8-17)31(32)33/h3-8,10-11,13-15H,9,12,16H2,1-2H3. The molecule has 0 saturated heterocycles. The molecule has 7 nitrogen and oxygen atoms in total. The molecule has 0 spiro atoms. The molecule has 0 fully saturated rings. The zero-order valence-electron chi connectivity index (χ0n) is 19.4. The Bertz CT molecular complexity index is 1620. The molecule has 0 atom stereocenters. The lowest BCUT2D eigenvalue weighted by molar-refractivity contribution is -0.384. The Morgan fingerprint density at radius 1 is 0.943 bits per heavy atom. The van der Waals surface area contributed by atoms with E-state index in [0.29, 0.717) is 12.3 Å². The first-order chi connectivity index (χ1) is 17.1. The van der Waals surface area contributed by atoms with E-state index in [1.807, 2.05) is 30.3 Å². The van der Waals surface area contributed by atoms with Gasteiger partial charge in [-0.1, -0.05) is 30.3 Å². The Morgan fingerprint density at radius 3 is 2.43 bits per heavy atom. The molecule has 1 aliphatic carbocycles. The fraction of sp³-hybridized carbons (Fsp3) is 0.179. The number of pyridine rings is 1. The molecular formula is C28H23N3O4. The van der Waals surface area contributed by atoms with E-state index in [-0.39, 0.29) is 10.6 Å². The van der Waals surface area contributed by atoms with Crippen LogP contribution in [0, 0.1) is 10.1 Å². The van der Waals surface area contributed by atoms with E-state index in [1.54, 1.807) is 26.4 Å². The first-order valence-corrected chi connectivity index (χ1v) is 11.5. The molecule has 35 heavy (non-hydrogen) atoms. The molecule has 2 heterocycles. The van der Waals surface area contributed by atoms with Crippen LogP contribution in [0.3, 0.4) is 0 Å².